The number of halogens is 1. The highest BCUT2D eigenvalue weighted by Gasteiger charge is 2.05. The van der Waals surface area contributed by atoms with Crippen LogP contribution >= 0.6 is 15.9 Å². The molecule has 0 fully saturated rings. The summed E-state index contributed by atoms with van der Waals surface area (Å²) in [5.74, 6) is -0.305. The molecular weight excluding hydrogens is 256 g/mol. The van der Waals surface area contributed by atoms with Crippen molar-refractivity contribution in [1.82, 2.24) is 0 Å². The summed E-state index contributed by atoms with van der Waals surface area (Å²) in [5, 5.41) is 0.924. The van der Waals surface area contributed by atoms with Crippen LogP contribution in [0.25, 0.3) is 0 Å². The first kappa shape index (κ1) is 12.0. The van der Waals surface area contributed by atoms with Gasteiger partial charge in [-0.25, -0.2) is 4.79 Å². The second-order valence-corrected chi connectivity index (χ2v) is 3.82. The van der Waals surface area contributed by atoms with Gasteiger partial charge in [0.1, 0.15) is 6.61 Å². The molecule has 0 aliphatic carbocycles. The smallest absolute Gasteiger partial charge is 0.338 e. The van der Waals surface area contributed by atoms with Crippen molar-refractivity contribution < 1.29 is 9.53 Å². The molecule has 0 heterocycles. The van der Waals surface area contributed by atoms with Crippen LogP contribution in [0.5, 0.6) is 0 Å². The summed E-state index contributed by atoms with van der Waals surface area (Å²) in [4.78, 5) is 11.4. The fourth-order valence-electron chi connectivity index (χ4n) is 1.13. The second-order valence-electron chi connectivity index (χ2n) is 3.02. The molecule has 0 bridgehead atoms. The van der Waals surface area contributed by atoms with Crippen LogP contribution in [-0.2, 0) is 11.2 Å². The molecule has 1 aromatic rings. The lowest BCUT2D eigenvalue weighted by molar-refractivity contribution is 0.0550. The van der Waals surface area contributed by atoms with E-state index in [-0.39, 0.29) is 12.6 Å². The Hall–Kier alpha value is -1.09. The highest BCUT2D eigenvalue weighted by Crippen LogP contribution is 2.07. The lowest BCUT2D eigenvalue weighted by Crippen LogP contribution is -2.04. The fraction of sp³-hybridized carbons (Fsp3) is 0.250. The van der Waals surface area contributed by atoms with Crippen LogP contribution in [0.1, 0.15) is 15.9 Å². The molecule has 0 spiro atoms. The van der Waals surface area contributed by atoms with E-state index in [2.05, 4.69) is 22.5 Å². The topological polar surface area (TPSA) is 26.3 Å². The first-order valence-corrected chi connectivity index (χ1v) is 5.83. The molecule has 0 N–H and O–H groups in total. The molecule has 80 valence electrons. The molecule has 0 saturated carbocycles. The van der Waals surface area contributed by atoms with E-state index in [1.807, 2.05) is 12.1 Å². The molecule has 0 unspecified atom stereocenters. The Labute approximate surface area is 98.1 Å². The fourth-order valence-corrected chi connectivity index (χ4v) is 1.59. The third-order valence-corrected chi connectivity index (χ3v) is 2.30. The Bertz CT molecular complexity index is 330. The maximum absolute atomic E-state index is 11.4. The second kappa shape index (κ2) is 6.40. The molecule has 0 amide bonds. The minimum absolute atomic E-state index is 0.252. The molecular formula is C12H13BrO2. The zero-order valence-corrected chi connectivity index (χ0v) is 10.00. The van der Waals surface area contributed by atoms with E-state index >= 15 is 0 Å². The van der Waals surface area contributed by atoms with Crippen molar-refractivity contribution in [1.29, 1.82) is 0 Å². The first-order chi connectivity index (χ1) is 7.27. The molecule has 2 nitrogen and oxygen atoms in total. The van der Waals surface area contributed by atoms with Crippen LogP contribution in [0.15, 0.2) is 36.9 Å². The van der Waals surface area contributed by atoms with Crippen LogP contribution in [0.2, 0.25) is 0 Å². The average molecular weight is 269 g/mol. The number of hydrogen-bond donors (Lipinski definition) is 0. The van der Waals surface area contributed by atoms with Crippen molar-refractivity contribution in [2.45, 2.75) is 6.42 Å². The highest BCUT2D eigenvalue weighted by atomic mass is 79.9. The van der Waals surface area contributed by atoms with Crippen LogP contribution in [0.4, 0.5) is 0 Å². The van der Waals surface area contributed by atoms with Gasteiger partial charge in [0, 0.05) is 5.33 Å². The van der Waals surface area contributed by atoms with Crippen molar-refractivity contribution in [2.75, 3.05) is 11.9 Å². The Kier molecular flexibility index (Phi) is 5.12. The number of hydrogen-bond acceptors (Lipinski definition) is 2. The van der Waals surface area contributed by atoms with E-state index in [0.717, 1.165) is 11.8 Å². The van der Waals surface area contributed by atoms with E-state index in [9.17, 15) is 4.79 Å². The summed E-state index contributed by atoms with van der Waals surface area (Å²) in [5.41, 5.74) is 1.78. The van der Waals surface area contributed by atoms with Crippen molar-refractivity contribution in [3.05, 3.63) is 48.0 Å². The van der Waals surface area contributed by atoms with Crippen molar-refractivity contribution >= 4 is 21.9 Å². The van der Waals surface area contributed by atoms with Crippen molar-refractivity contribution in [3.63, 3.8) is 0 Å². The Balaban J connectivity index is 2.62. The van der Waals surface area contributed by atoms with Crippen LogP contribution < -0.4 is 0 Å². The molecule has 0 aliphatic rings. The van der Waals surface area contributed by atoms with Crippen LogP contribution in [0.3, 0.4) is 0 Å². The van der Waals surface area contributed by atoms with Gasteiger partial charge in [-0.1, -0.05) is 40.7 Å². The van der Waals surface area contributed by atoms with Gasteiger partial charge in [0.05, 0.1) is 5.56 Å². The average Bonchev–Trinajstić information content (AvgIpc) is 2.27. The third kappa shape index (κ3) is 3.88. The summed E-state index contributed by atoms with van der Waals surface area (Å²) in [6, 6.07) is 7.43. The molecule has 1 rings (SSSR count). The largest absolute Gasteiger partial charge is 0.458 e. The van der Waals surface area contributed by atoms with Gasteiger partial charge in [-0.3, -0.25) is 0 Å². The number of esters is 1. The van der Waals surface area contributed by atoms with Crippen molar-refractivity contribution in [3.8, 4) is 0 Å². The molecule has 0 radical (unpaired) electrons. The minimum Gasteiger partial charge on any atom is -0.458 e. The predicted octanol–water partition coefficient (Wildman–Crippen LogP) is 2.97. The molecule has 0 aromatic heterocycles. The number of carbonyl (C=O) groups excluding carboxylic acids is 1. The van der Waals surface area contributed by atoms with Gasteiger partial charge < -0.3 is 4.74 Å². The van der Waals surface area contributed by atoms with Gasteiger partial charge in [-0.2, -0.15) is 0 Å². The number of rotatable bonds is 5. The maximum atomic E-state index is 11.4. The molecule has 0 atom stereocenters. The quantitative estimate of drug-likeness (QED) is 0.466. The van der Waals surface area contributed by atoms with Gasteiger partial charge in [-0.05, 0) is 24.1 Å². The third-order valence-electron chi connectivity index (χ3n) is 1.91. The van der Waals surface area contributed by atoms with Crippen LogP contribution in [0, 0.1) is 0 Å². The predicted molar refractivity (Wildman–Crippen MR) is 64.4 cm³/mol. The molecule has 1 aromatic carbocycles. The van der Waals surface area contributed by atoms with E-state index < -0.39 is 0 Å². The Morgan fingerprint density at radius 2 is 2.07 bits per heavy atom. The summed E-state index contributed by atoms with van der Waals surface area (Å²) in [6.45, 7) is 3.73. The first-order valence-electron chi connectivity index (χ1n) is 4.71. The highest BCUT2D eigenvalue weighted by molar-refractivity contribution is 9.09. The van der Waals surface area contributed by atoms with Crippen molar-refractivity contribution in [2.24, 2.45) is 0 Å². The number of benzene rings is 1. The summed E-state index contributed by atoms with van der Waals surface area (Å²) in [7, 11) is 0. The summed E-state index contributed by atoms with van der Waals surface area (Å²) in [6.07, 6.45) is 2.51. The standard InChI is InChI=1S/C12H13BrO2/c1-2-9-15-12(14)11-5-3-10(4-6-11)7-8-13/h2-6H,1,7-9H2. The minimum atomic E-state index is -0.305. The Morgan fingerprint density at radius 1 is 1.40 bits per heavy atom. The number of ether oxygens (including phenoxy) is 1. The molecule has 0 saturated heterocycles. The van der Waals surface area contributed by atoms with Gasteiger partial charge >= 0.3 is 5.97 Å². The normalized spacial score (nSPS) is 9.67. The lowest BCUT2D eigenvalue weighted by atomic mass is 10.1. The molecule has 3 heteroatoms. The SMILES string of the molecule is C=CCOC(=O)c1ccc(CCBr)cc1. The summed E-state index contributed by atoms with van der Waals surface area (Å²) < 4.78 is 4.91. The molecule has 15 heavy (non-hydrogen) atoms. The van der Waals surface area contributed by atoms with Crippen LogP contribution in [-0.4, -0.2) is 17.9 Å². The maximum Gasteiger partial charge on any atom is 0.338 e. The van der Waals surface area contributed by atoms with Gasteiger partial charge in [0.15, 0.2) is 0 Å². The number of aryl methyl sites for hydroxylation is 1. The van der Waals surface area contributed by atoms with E-state index in [4.69, 9.17) is 4.74 Å². The van der Waals surface area contributed by atoms with E-state index in [1.165, 1.54) is 5.56 Å². The van der Waals surface area contributed by atoms with E-state index in [0.29, 0.717) is 5.56 Å². The molecule has 0 aliphatic heterocycles. The number of alkyl halides is 1. The zero-order chi connectivity index (χ0) is 11.1. The summed E-state index contributed by atoms with van der Waals surface area (Å²) >= 11 is 3.37. The van der Waals surface area contributed by atoms with Gasteiger partial charge in [0.2, 0.25) is 0 Å². The van der Waals surface area contributed by atoms with Gasteiger partial charge in [-0.15, -0.1) is 0 Å². The monoisotopic (exact) mass is 268 g/mol. The van der Waals surface area contributed by atoms with E-state index in [1.54, 1.807) is 18.2 Å². The van der Waals surface area contributed by atoms with Gasteiger partial charge in [0.25, 0.3) is 0 Å². The zero-order valence-electron chi connectivity index (χ0n) is 8.41. The lowest BCUT2D eigenvalue weighted by Gasteiger charge is -2.02. The Morgan fingerprint density at radius 3 is 2.60 bits per heavy atom. The number of carbonyl (C=O) groups is 1.